The van der Waals surface area contributed by atoms with Crippen molar-refractivity contribution in [1.82, 2.24) is 14.5 Å². The van der Waals surface area contributed by atoms with E-state index in [9.17, 15) is 0 Å². The van der Waals surface area contributed by atoms with Crippen LogP contribution in [0.4, 0.5) is 0 Å². The van der Waals surface area contributed by atoms with Crippen molar-refractivity contribution in [3.8, 4) is 39.3 Å². The van der Waals surface area contributed by atoms with E-state index in [2.05, 4.69) is 156 Å². The fraction of sp³-hybridized carbons (Fsp3) is 0. The Hall–Kier alpha value is -6.58. The van der Waals surface area contributed by atoms with E-state index in [1.807, 2.05) is 24.3 Å². The number of hydrogen-bond donors (Lipinski definition) is 0. The molecule has 0 atom stereocenters. The van der Waals surface area contributed by atoms with Gasteiger partial charge in [0, 0.05) is 27.6 Å². The Morgan fingerprint density at radius 3 is 1.47 bits per heavy atom. The molecule has 2 heterocycles. The maximum Gasteiger partial charge on any atom is 0.0973 e. The van der Waals surface area contributed by atoms with Crippen LogP contribution in [0.5, 0.6) is 0 Å². The van der Waals surface area contributed by atoms with E-state index in [1.54, 1.807) is 0 Å². The predicted octanol–water partition coefficient (Wildman–Crippen LogP) is 12.0. The largest absolute Gasteiger partial charge is 0.309 e. The molecule has 0 saturated heterocycles. The van der Waals surface area contributed by atoms with Crippen LogP contribution in [0.25, 0.3) is 93.7 Å². The van der Waals surface area contributed by atoms with Crippen molar-refractivity contribution in [2.24, 2.45) is 0 Å². The van der Waals surface area contributed by atoms with Crippen molar-refractivity contribution in [1.29, 1.82) is 0 Å². The van der Waals surface area contributed by atoms with Gasteiger partial charge in [0.1, 0.15) is 0 Å². The van der Waals surface area contributed by atoms with E-state index in [0.29, 0.717) is 0 Å². The zero-order valence-corrected chi connectivity index (χ0v) is 26.6. The average Bonchev–Trinajstić information content (AvgIpc) is 3.53. The van der Waals surface area contributed by atoms with Crippen LogP contribution < -0.4 is 0 Å². The van der Waals surface area contributed by atoms with E-state index >= 15 is 0 Å². The van der Waals surface area contributed by atoms with Crippen molar-refractivity contribution in [3.05, 3.63) is 176 Å². The van der Waals surface area contributed by atoms with Gasteiger partial charge in [0.25, 0.3) is 0 Å². The summed E-state index contributed by atoms with van der Waals surface area (Å²) >= 11 is 0. The van der Waals surface area contributed by atoms with Gasteiger partial charge in [0.2, 0.25) is 0 Å². The lowest BCUT2D eigenvalue weighted by Crippen LogP contribution is -1.98. The quantitative estimate of drug-likeness (QED) is 0.195. The second-order valence-electron chi connectivity index (χ2n) is 12.6. The van der Waals surface area contributed by atoms with Crippen molar-refractivity contribution >= 4 is 54.4 Å². The maximum atomic E-state index is 5.28. The number of aromatic nitrogens is 3. The lowest BCUT2D eigenvalue weighted by molar-refractivity contribution is 1.18. The summed E-state index contributed by atoms with van der Waals surface area (Å²) in [7, 11) is 0. The molecule has 0 spiro atoms. The van der Waals surface area contributed by atoms with Gasteiger partial charge >= 0.3 is 0 Å². The molecule has 0 fully saturated rings. The average molecular weight is 624 g/mol. The Labute approximate surface area is 283 Å². The number of fused-ring (bicyclic) bond motifs is 8. The molecule has 0 aliphatic rings. The van der Waals surface area contributed by atoms with Gasteiger partial charge in [-0.15, -0.1) is 0 Å². The highest BCUT2D eigenvalue weighted by atomic mass is 15.0. The second-order valence-corrected chi connectivity index (χ2v) is 12.6. The van der Waals surface area contributed by atoms with E-state index in [-0.39, 0.29) is 0 Å². The van der Waals surface area contributed by atoms with Crippen molar-refractivity contribution < 1.29 is 0 Å². The number of nitrogens with zero attached hydrogens (tertiary/aromatic N) is 3. The molecule has 0 aliphatic carbocycles. The molecule has 3 heteroatoms. The van der Waals surface area contributed by atoms with Gasteiger partial charge in [-0.05, 0) is 75.1 Å². The number of rotatable bonds is 4. The van der Waals surface area contributed by atoms with Crippen molar-refractivity contribution in [3.63, 3.8) is 0 Å². The molecule has 3 nitrogen and oxygen atoms in total. The van der Waals surface area contributed by atoms with Crippen LogP contribution in [0, 0.1) is 0 Å². The summed E-state index contributed by atoms with van der Waals surface area (Å²) in [6.45, 7) is 0. The molecule has 8 aromatic carbocycles. The first-order valence-electron chi connectivity index (χ1n) is 16.7. The Morgan fingerprint density at radius 2 is 0.837 bits per heavy atom. The molecule has 0 aliphatic heterocycles. The minimum Gasteiger partial charge on any atom is -0.309 e. The fourth-order valence-corrected chi connectivity index (χ4v) is 7.50. The number of benzene rings is 8. The van der Waals surface area contributed by atoms with Gasteiger partial charge in [-0.25, -0.2) is 9.97 Å². The number of para-hydroxylation sites is 2. The van der Waals surface area contributed by atoms with E-state index in [4.69, 9.17) is 9.97 Å². The van der Waals surface area contributed by atoms with Crippen molar-refractivity contribution in [2.45, 2.75) is 0 Å². The molecular formula is C46H29N3. The standard InChI is InChI=1S/C46H29N3/c1-2-12-30(13-3-1)33-16-10-17-34(28-33)45-46(48-40-23-9-8-22-39(40)47-45)35-18-11-19-36(29-35)49-41-26-24-31-14-4-6-20-37(31)43(41)44-38-21-7-5-15-32(38)25-27-42(44)49/h1-29H. The first-order chi connectivity index (χ1) is 24.3. The van der Waals surface area contributed by atoms with Crippen LogP contribution in [-0.2, 0) is 0 Å². The third-order valence-corrected chi connectivity index (χ3v) is 9.74. The van der Waals surface area contributed by atoms with Crippen LogP contribution in [0.3, 0.4) is 0 Å². The lowest BCUT2D eigenvalue weighted by atomic mass is 9.98. The summed E-state index contributed by atoms with van der Waals surface area (Å²) in [4.78, 5) is 10.5. The third kappa shape index (κ3) is 4.44. The molecule has 2 aromatic heterocycles. The molecule has 0 amide bonds. The van der Waals surface area contributed by atoms with Crippen LogP contribution in [0.2, 0.25) is 0 Å². The highest BCUT2D eigenvalue weighted by Gasteiger charge is 2.19. The maximum absolute atomic E-state index is 5.28. The highest BCUT2D eigenvalue weighted by molar-refractivity contribution is 6.28. The van der Waals surface area contributed by atoms with Gasteiger partial charge in [-0.2, -0.15) is 0 Å². The van der Waals surface area contributed by atoms with Gasteiger partial charge in [0.15, 0.2) is 0 Å². The summed E-state index contributed by atoms with van der Waals surface area (Å²) in [6, 6.07) is 62.5. The SMILES string of the molecule is c1ccc(-c2cccc(-c3nc4ccccc4nc3-c3cccc(-n4c5ccc6ccccc6c5c5c6ccccc6ccc54)c3)c2)cc1. The highest BCUT2D eigenvalue weighted by Crippen LogP contribution is 2.41. The normalized spacial score (nSPS) is 11.7. The first-order valence-corrected chi connectivity index (χ1v) is 16.7. The summed E-state index contributed by atoms with van der Waals surface area (Å²) in [6.07, 6.45) is 0. The molecule has 10 aromatic rings. The van der Waals surface area contributed by atoms with Crippen LogP contribution >= 0.6 is 0 Å². The molecular weight excluding hydrogens is 595 g/mol. The van der Waals surface area contributed by atoms with E-state index in [1.165, 1.54) is 48.9 Å². The minimum atomic E-state index is 0.863. The molecule has 0 N–H and O–H groups in total. The van der Waals surface area contributed by atoms with E-state index < -0.39 is 0 Å². The monoisotopic (exact) mass is 623 g/mol. The fourth-order valence-electron chi connectivity index (χ4n) is 7.50. The van der Waals surface area contributed by atoms with Gasteiger partial charge in [-0.1, -0.05) is 133 Å². The predicted molar refractivity (Wildman–Crippen MR) is 205 cm³/mol. The van der Waals surface area contributed by atoms with Crippen LogP contribution in [0.1, 0.15) is 0 Å². The molecule has 0 bridgehead atoms. The first kappa shape index (κ1) is 27.5. The molecule has 49 heavy (non-hydrogen) atoms. The van der Waals surface area contributed by atoms with Crippen LogP contribution in [-0.4, -0.2) is 14.5 Å². The van der Waals surface area contributed by atoms with Gasteiger partial charge in [-0.3, -0.25) is 0 Å². The van der Waals surface area contributed by atoms with Crippen LogP contribution in [0.15, 0.2) is 176 Å². The second kappa shape index (κ2) is 11.0. The summed E-state index contributed by atoms with van der Waals surface area (Å²) in [5, 5.41) is 7.56. The molecule has 228 valence electrons. The zero-order valence-electron chi connectivity index (χ0n) is 26.6. The topological polar surface area (TPSA) is 30.7 Å². The molecule has 0 saturated carbocycles. The summed E-state index contributed by atoms with van der Waals surface area (Å²) in [5.74, 6) is 0. The molecule has 0 radical (unpaired) electrons. The lowest BCUT2D eigenvalue weighted by Gasteiger charge is -2.14. The number of hydrogen-bond acceptors (Lipinski definition) is 2. The van der Waals surface area contributed by atoms with Gasteiger partial charge in [0.05, 0.1) is 33.5 Å². The smallest absolute Gasteiger partial charge is 0.0973 e. The zero-order chi connectivity index (χ0) is 32.3. The molecule has 0 unspecified atom stereocenters. The summed E-state index contributed by atoms with van der Waals surface area (Å²) < 4.78 is 2.41. The van der Waals surface area contributed by atoms with Gasteiger partial charge < -0.3 is 4.57 Å². The molecule has 10 rings (SSSR count). The summed E-state index contributed by atoms with van der Waals surface area (Å²) in [5.41, 5.74) is 11.3. The van der Waals surface area contributed by atoms with E-state index in [0.717, 1.165) is 44.8 Å². The Bertz CT molecular complexity index is 2790. The third-order valence-electron chi connectivity index (χ3n) is 9.74. The minimum absolute atomic E-state index is 0.863. The Morgan fingerprint density at radius 1 is 0.347 bits per heavy atom. The Balaban J connectivity index is 1.23. The van der Waals surface area contributed by atoms with Crippen molar-refractivity contribution in [2.75, 3.05) is 0 Å². The Kier molecular flexibility index (Phi) is 6.18.